The molecule has 1 aliphatic heterocycles. The summed E-state index contributed by atoms with van der Waals surface area (Å²) in [5.41, 5.74) is 1.07. The van der Waals surface area contributed by atoms with Crippen LogP contribution in [-0.2, 0) is 10.0 Å². The van der Waals surface area contributed by atoms with Gasteiger partial charge in [-0.1, -0.05) is 37.0 Å². The summed E-state index contributed by atoms with van der Waals surface area (Å²) in [6.45, 7) is 5.19. The highest BCUT2D eigenvalue weighted by atomic mass is 32.2. The van der Waals surface area contributed by atoms with Crippen LogP contribution >= 0.6 is 0 Å². The number of piperidine rings is 1. The molecule has 0 aromatic heterocycles. The molecule has 0 atom stereocenters. The first kappa shape index (κ1) is 17.9. The van der Waals surface area contributed by atoms with Gasteiger partial charge < -0.3 is 4.90 Å². The summed E-state index contributed by atoms with van der Waals surface area (Å²) in [4.78, 5) is 2.91. The van der Waals surface area contributed by atoms with Gasteiger partial charge in [-0.25, -0.2) is 13.1 Å². The molecular weight excluding hydrogens is 320 g/mol. The van der Waals surface area contributed by atoms with Gasteiger partial charge in [0.25, 0.3) is 0 Å². The van der Waals surface area contributed by atoms with Crippen LogP contribution in [0.25, 0.3) is 0 Å². The second-order valence-electron chi connectivity index (χ2n) is 7.51. The second kappa shape index (κ2) is 7.98. The molecule has 1 aromatic carbocycles. The van der Waals surface area contributed by atoms with Gasteiger partial charge in [0, 0.05) is 12.6 Å². The highest BCUT2D eigenvalue weighted by Crippen LogP contribution is 2.25. The van der Waals surface area contributed by atoms with Crippen molar-refractivity contribution in [2.45, 2.75) is 62.8 Å². The molecule has 1 aliphatic carbocycles. The Morgan fingerprint density at radius 1 is 1.00 bits per heavy atom. The summed E-state index contributed by atoms with van der Waals surface area (Å²) in [5.74, 6) is 0.861. The lowest BCUT2D eigenvalue weighted by atomic mass is 9.88. The summed E-state index contributed by atoms with van der Waals surface area (Å²) in [6, 6.07) is 7.15. The summed E-state index contributed by atoms with van der Waals surface area (Å²) < 4.78 is 27.9. The van der Waals surface area contributed by atoms with E-state index in [4.69, 9.17) is 0 Å². The first-order chi connectivity index (χ1) is 11.5. The monoisotopic (exact) mass is 350 g/mol. The van der Waals surface area contributed by atoms with E-state index in [1.807, 2.05) is 19.1 Å². The van der Waals surface area contributed by atoms with E-state index >= 15 is 0 Å². The zero-order chi connectivity index (χ0) is 17.0. The fraction of sp³-hybridized carbons (Fsp3) is 0.684. The number of benzene rings is 1. The Morgan fingerprint density at radius 2 is 1.62 bits per heavy atom. The molecular formula is C19H30N2O2S. The molecule has 1 saturated heterocycles. The number of nitrogens with one attached hydrogen (secondary N) is 1. The van der Waals surface area contributed by atoms with Gasteiger partial charge in [-0.3, -0.25) is 0 Å². The number of nitrogens with zero attached hydrogens (tertiary/aromatic N) is 1. The topological polar surface area (TPSA) is 49.4 Å². The fourth-order valence-electron chi connectivity index (χ4n) is 3.97. The van der Waals surface area contributed by atoms with Crippen LogP contribution < -0.4 is 4.72 Å². The van der Waals surface area contributed by atoms with Gasteiger partial charge >= 0.3 is 0 Å². The van der Waals surface area contributed by atoms with Crippen molar-refractivity contribution < 1.29 is 8.42 Å². The maximum atomic E-state index is 12.5. The second-order valence-corrected chi connectivity index (χ2v) is 9.23. The molecule has 1 saturated carbocycles. The minimum absolute atomic E-state index is 0.0684. The minimum Gasteiger partial charge on any atom is -0.303 e. The Bertz CT molecular complexity index is 613. The Hall–Kier alpha value is -0.910. The molecule has 1 heterocycles. The summed E-state index contributed by atoms with van der Waals surface area (Å²) in [7, 11) is -3.39. The molecule has 3 rings (SSSR count). The number of rotatable bonds is 5. The number of sulfonamides is 1. The zero-order valence-electron chi connectivity index (χ0n) is 14.7. The molecule has 0 amide bonds. The van der Waals surface area contributed by atoms with Crippen molar-refractivity contribution in [1.29, 1.82) is 0 Å². The van der Waals surface area contributed by atoms with E-state index < -0.39 is 10.0 Å². The van der Waals surface area contributed by atoms with Crippen molar-refractivity contribution in [1.82, 2.24) is 9.62 Å². The third kappa shape index (κ3) is 4.80. The van der Waals surface area contributed by atoms with Gasteiger partial charge in [-0.05, 0) is 63.7 Å². The predicted molar refractivity (Wildman–Crippen MR) is 97.5 cm³/mol. The summed E-state index contributed by atoms with van der Waals surface area (Å²) in [5, 5.41) is 0. The van der Waals surface area contributed by atoms with Crippen molar-refractivity contribution in [2.75, 3.05) is 19.6 Å². The predicted octanol–water partition coefficient (Wildman–Crippen LogP) is 3.32. The van der Waals surface area contributed by atoms with Crippen molar-refractivity contribution in [3.05, 3.63) is 29.8 Å². The number of hydrogen-bond acceptors (Lipinski definition) is 3. The van der Waals surface area contributed by atoms with Crippen LogP contribution in [0.4, 0.5) is 0 Å². The van der Waals surface area contributed by atoms with Gasteiger partial charge in [0.05, 0.1) is 4.90 Å². The average molecular weight is 351 g/mol. The van der Waals surface area contributed by atoms with Crippen molar-refractivity contribution in [3.8, 4) is 0 Å². The lowest BCUT2D eigenvalue weighted by molar-refractivity contribution is 0.161. The van der Waals surface area contributed by atoms with E-state index in [0.717, 1.165) is 37.4 Å². The van der Waals surface area contributed by atoms with Gasteiger partial charge in [0.15, 0.2) is 0 Å². The maximum Gasteiger partial charge on any atom is 0.240 e. The Morgan fingerprint density at radius 3 is 2.25 bits per heavy atom. The molecule has 24 heavy (non-hydrogen) atoms. The van der Waals surface area contributed by atoms with E-state index in [0.29, 0.717) is 4.90 Å². The number of hydrogen-bond donors (Lipinski definition) is 1. The number of likely N-dealkylation sites (tertiary alicyclic amines) is 1. The Kier molecular flexibility index (Phi) is 5.95. The van der Waals surface area contributed by atoms with Crippen LogP contribution in [0.3, 0.4) is 0 Å². The van der Waals surface area contributed by atoms with Gasteiger partial charge in [-0.15, -0.1) is 0 Å². The third-order valence-corrected chi connectivity index (χ3v) is 7.02. The van der Waals surface area contributed by atoms with Crippen molar-refractivity contribution in [3.63, 3.8) is 0 Å². The van der Waals surface area contributed by atoms with Crippen molar-refractivity contribution >= 4 is 10.0 Å². The summed E-state index contributed by atoms with van der Waals surface area (Å²) in [6.07, 6.45) is 8.75. The van der Waals surface area contributed by atoms with Crippen LogP contribution in [0.15, 0.2) is 29.2 Å². The quantitative estimate of drug-likeness (QED) is 0.886. The molecule has 2 fully saturated rings. The van der Waals surface area contributed by atoms with Crippen LogP contribution in [-0.4, -0.2) is 39.0 Å². The highest BCUT2D eigenvalue weighted by Gasteiger charge is 2.26. The smallest absolute Gasteiger partial charge is 0.240 e. The molecule has 2 aliphatic rings. The maximum absolute atomic E-state index is 12.5. The molecule has 1 N–H and O–H groups in total. The number of aryl methyl sites for hydroxylation is 1. The van der Waals surface area contributed by atoms with Crippen LogP contribution in [0.5, 0.6) is 0 Å². The molecule has 1 aromatic rings. The van der Waals surface area contributed by atoms with Gasteiger partial charge in [0.1, 0.15) is 0 Å². The summed E-state index contributed by atoms with van der Waals surface area (Å²) >= 11 is 0. The van der Waals surface area contributed by atoms with Crippen LogP contribution in [0, 0.1) is 12.8 Å². The average Bonchev–Trinajstić information content (AvgIpc) is 2.58. The molecule has 134 valence electrons. The molecule has 0 bridgehead atoms. The van der Waals surface area contributed by atoms with E-state index in [2.05, 4.69) is 9.62 Å². The minimum atomic E-state index is -3.39. The normalized spacial score (nSPS) is 21.9. The van der Waals surface area contributed by atoms with Crippen LogP contribution in [0.1, 0.15) is 50.5 Å². The van der Waals surface area contributed by atoms with E-state index in [1.54, 1.807) is 12.1 Å². The fourth-order valence-corrected chi connectivity index (χ4v) is 5.28. The molecule has 0 unspecified atom stereocenters. The van der Waals surface area contributed by atoms with E-state index in [-0.39, 0.29) is 6.04 Å². The van der Waals surface area contributed by atoms with E-state index in [9.17, 15) is 8.42 Å². The first-order valence-electron chi connectivity index (χ1n) is 9.34. The largest absolute Gasteiger partial charge is 0.303 e. The SMILES string of the molecule is Cc1ccc(S(=O)(=O)NC2CCN(CC3CCCCC3)CC2)cc1. The standard InChI is InChI=1S/C19H30N2O2S/c1-16-7-9-19(10-8-16)24(22,23)20-18-11-13-21(14-12-18)15-17-5-3-2-4-6-17/h7-10,17-18,20H,2-6,11-15H2,1H3. The molecule has 0 radical (unpaired) electrons. The van der Waals surface area contributed by atoms with Gasteiger partial charge in [-0.2, -0.15) is 0 Å². The van der Waals surface area contributed by atoms with Gasteiger partial charge in [0.2, 0.25) is 10.0 Å². The molecule has 4 nitrogen and oxygen atoms in total. The third-order valence-electron chi connectivity index (χ3n) is 5.48. The van der Waals surface area contributed by atoms with E-state index in [1.165, 1.54) is 38.6 Å². The highest BCUT2D eigenvalue weighted by molar-refractivity contribution is 7.89. The van der Waals surface area contributed by atoms with Crippen LogP contribution in [0.2, 0.25) is 0 Å². The Labute approximate surface area is 146 Å². The molecule has 5 heteroatoms. The lowest BCUT2D eigenvalue weighted by Crippen LogP contribution is -2.45. The molecule has 0 spiro atoms. The first-order valence-corrected chi connectivity index (χ1v) is 10.8. The Balaban J connectivity index is 1.48. The zero-order valence-corrected chi connectivity index (χ0v) is 15.5. The lowest BCUT2D eigenvalue weighted by Gasteiger charge is -2.35. The van der Waals surface area contributed by atoms with Crippen molar-refractivity contribution in [2.24, 2.45) is 5.92 Å².